The van der Waals surface area contributed by atoms with Gasteiger partial charge in [-0.2, -0.15) is 0 Å². The van der Waals surface area contributed by atoms with Gasteiger partial charge in [-0.25, -0.2) is 4.79 Å². The summed E-state index contributed by atoms with van der Waals surface area (Å²) in [5.74, 6) is 0.293. The number of likely N-dealkylation sites (N-methyl/N-ethyl adjacent to an activating group) is 2. The summed E-state index contributed by atoms with van der Waals surface area (Å²) in [6.45, 7) is 8.41. The van der Waals surface area contributed by atoms with E-state index in [1.807, 2.05) is 0 Å². The molecule has 0 aromatic carbocycles. The molecule has 1 saturated carbocycles. The van der Waals surface area contributed by atoms with E-state index < -0.39 is 5.54 Å². The van der Waals surface area contributed by atoms with Crippen LogP contribution in [0.5, 0.6) is 0 Å². The molecule has 0 amide bonds. The Morgan fingerprint density at radius 3 is 2.62 bits per heavy atom. The number of hydrogen-bond donors (Lipinski definition) is 1. The first-order chi connectivity index (χ1) is 10.2. The van der Waals surface area contributed by atoms with Crippen molar-refractivity contribution in [1.82, 2.24) is 10.2 Å². The summed E-state index contributed by atoms with van der Waals surface area (Å²) in [4.78, 5) is 14.8. The Morgan fingerprint density at radius 2 is 2.14 bits per heavy atom. The number of nitrogens with one attached hydrogen (secondary N) is 1. The molecule has 2 aliphatic rings. The van der Waals surface area contributed by atoms with Crippen LogP contribution < -0.4 is 5.32 Å². The van der Waals surface area contributed by atoms with Crippen molar-refractivity contribution in [3.8, 4) is 0 Å². The summed E-state index contributed by atoms with van der Waals surface area (Å²) >= 11 is 0. The molecule has 1 N–H and O–H groups in total. The van der Waals surface area contributed by atoms with E-state index in [2.05, 4.69) is 24.1 Å². The fourth-order valence-corrected chi connectivity index (χ4v) is 3.44. The monoisotopic (exact) mass is 298 g/mol. The zero-order valence-corrected chi connectivity index (χ0v) is 13.7. The van der Waals surface area contributed by atoms with Gasteiger partial charge in [0, 0.05) is 19.7 Å². The van der Waals surface area contributed by atoms with Crippen LogP contribution >= 0.6 is 0 Å². The Balaban J connectivity index is 2.05. The fraction of sp³-hybridized carbons (Fsp3) is 0.938. The number of ether oxygens (including phenoxy) is 2. The number of carbonyl (C=O) groups is 1. The Kier molecular flexibility index (Phi) is 6.02. The van der Waals surface area contributed by atoms with E-state index in [0.717, 1.165) is 51.9 Å². The van der Waals surface area contributed by atoms with Crippen molar-refractivity contribution in [3.05, 3.63) is 0 Å². The van der Waals surface area contributed by atoms with Crippen molar-refractivity contribution >= 4 is 5.97 Å². The van der Waals surface area contributed by atoms with Gasteiger partial charge in [-0.05, 0) is 44.7 Å². The van der Waals surface area contributed by atoms with Gasteiger partial charge in [-0.15, -0.1) is 0 Å². The maximum absolute atomic E-state index is 12.5. The molecule has 2 rings (SSSR count). The Bertz CT molecular complexity index is 340. The van der Waals surface area contributed by atoms with Crippen molar-refractivity contribution in [2.45, 2.75) is 51.2 Å². The van der Waals surface area contributed by atoms with Crippen LogP contribution in [-0.2, 0) is 14.3 Å². The summed E-state index contributed by atoms with van der Waals surface area (Å²) in [5.41, 5.74) is -0.544. The van der Waals surface area contributed by atoms with Crippen LogP contribution in [0.15, 0.2) is 0 Å². The van der Waals surface area contributed by atoms with Gasteiger partial charge in [0.25, 0.3) is 0 Å². The predicted octanol–water partition coefficient (Wildman–Crippen LogP) is 1.42. The number of hydrogen-bond acceptors (Lipinski definition) is 5. The van der Waals surface area contributed by atoms with Crippen LogP contribution in [0.1, 0.15) is 39.5 Å². The van der Waals surface area contributed by atoms with Gasteiger partial charge in [-0.3, -0.25) is 4.90 Å². The lowest BCUT2D eigenvalue weighted by molar-refractivity contribution is -0.151. The van der Waals surface area contributed by atoms with Gasteiger partial charge in [0.05, 0.1) is 13.2 Å². The first kappa shape index (κ1) is 16.7. The van der Waals surface area contributed by atoms with Crippen LogP contribution in [0.2, 0.25) is 0 Å². The molecule has 1 aliphatic heterocycles. The highest BCUT2D eigenvalue weighted by Crippen LogP contribution is 2.41. The smallest absolute Gasteiger partial charge is 0.327 e. The maximum Gasteiger partial charge on any atom is 0.327 e. The highest BCUT2D eigenvalue weighted by atomic mass is 16.5. The van der Waals surface area contributed by atoms with Crippen molar-refractivity contribution in [2.24, 2.45) is 5.92 Å². The topological polar surface area (TPSA) is 50.8 Å². The maximum atomic E-state index is 12.5. The van der Waals surface area contributed by atoms with Crippen molar-refractivity contribution < 1.29 is 14.3 Å². The van der Waals surface area contributed by atoms with E-state index in [-0.39, 0.29) is 5.97 Å². The molecule has 1 heterocycles. The molecule has 0 aromatic heterocycles. The molecule has 122 valence electrons. The van der Waals surface area contributed by atoms with Gasteiger partial charge in [0.15, 0.2) is 0 Å². The van der Waals surface area contributed by atoms with E-state index in [0.29, 0.717) is 18.6 Å². The minimum Gasteiger partial charge on any atom is -0.468 e. The van der Waals surface area contributed by atoms with Gasteiger partial charge >= 0.3 is 5.97 Å². The minimum absolute atomic E-state index is 0.113. The molecular weight excluding hydrogens is 268 g/mol. The van der Waals surface area contributed by atoms with E-state index in [1.165, 1.54) is 7.11 Å². The number of methoxy groups -OCH3 is 1. The van der Waals surface area contributed by atoms with Crippen LogP contribution in [0, 0.1) is 5.92 Å². The molecule has 1 saturated heterocycles. The Hall–Kier alpha value is -0.650. The second kappa shape index (κ2) is 7.56. The van der Waals surface area contributed by atoms with E-state index in [1.54, 1.807) is 0 Å². The molecule has 2 unspecified atom stereocenters. The third-order valence-electron chi connectivity index (χ3n) is 4.72. The lowest BCUT2D eigenvalue weighted by atomic mass is 9.91. The average Bonchev–Trinajstić information content (AvgIpc) is 3.23. The Morgan fingerprint density at radius 1 is 1.38 bits per heavy atom. The lowest BCUT2D eigenvalue weighted by Crippen LogP contribution is -2.61. The van der Waals surface area contributed by atoms with Gasteiger partial charge in [0.1, 0.15) is 5.54 Å². The fourth-order valence-electron chi connectivity index (χ4n) is 3.44. The summed E-state index contributed by atoms with van der Waals surface area (Å²) in [6, 6.07) is 0. The lowest BCUT2D eigenvalue weighted by Gasteiger charge is -2.37. The van der Waals surface area contributed by atoms with Crippen LogP contribution in [0.4, 0.5) is 0 Å². The minimum atomic E-state index is -0.544. The van der Waals surface area contributed by atoms with E-state index in [4.69, 9.17) is 9.47 Å². The quantitative estimate of drug-likeness (QED) is 0.652. The van der Waals surface area contributed by atoms with Crippen molar-refractivity contribution in [1.29, 1.82) is 0 Å². The van der Waals surface area contributed by atoms with E-state index >= 15 is 0 Å². The average molecular weight is 298 g/mol. The standard InChI is InChI=1S/C16H30N2O3/c1-4-17-16(13-8-9-13,15(19)20-3)12-18(5-2)11-14-7-6-10-21-14/h13-14,17H,4-12H2,1-3H3. The van der Waals surface area contributed by atoms with Crippen molar-refractivity contribution in [2.75, 3.05) is 39.9 Å². The molecule has 0 spiro atoms. The summed E-state index contributed by atoms with van der Waals surface area (Å²) in [7, 11) is 1.49. The third-order valence-corrected chi connectivity index (χ3v) is 4.72. The van der Waals surface area contributed by atoms with Crippen LogP contribution in [0.25, 0.3) is 0 Å². The predicted molar refractivity (Wildman–Crippen MR) is 82.2 cm³/mol. The first-order valence-electron chi connectivity index (χ1n) is 8.33. The molecule has 2 fully saturated rings. The molecule has 5 nitrogen and oxygen atoms in total. The number of rotatable bonds is 9. The molecule has 0 aromatic rings. The number of carbonyl (C=O) groups excluding carboxylic acids is 1. The third kappa shape index (κ3) is 3.96. The summed E-state index contributed by atoms with van der Waals surface area (Å²) in [5, 5.41) is 3.44. The number of nitrogens with zero attached hydrogens (tertiary/aromatic N) is 1. The second-order valence-corrected chi connectivity index (χ2v) is 6.23. The summed E-state index contributed by atoms with van der Waals surface area (Å²) < 4.78 is 10.9. The van der Waals surface area contributed by atoms with Crippen molar-refractivity contribution in [3.63, 3.8) is 0 Å². The summed E-state index contributed by atoms with van der Waals surface area (Å²) in [6.07, 6.45) is 4.83. The molecule has 21 heavy (non-hydrogen) atoms. The van der Waals surface area contributed by atoms with Gasteiger partial charge < -0.3 is 14.8 Å². The zero-order valence-electron chi connectivity index (χ0n) is 13.7. The second-order valence-electron chi connectivity index (χ2n) is 6.23. The highest BCUT2D eigenvalue weighted by Gasteiger charge is 2.52. The zero-order chi connectivity index (χ0) is 15.3. The normalized spacial score (nSPS) is 25.0. The van der Waals surface area contributed by atoms with Gasteiger partial charge in [-0.1, -0.05) is 13.8 Å². The first-order valence-corrected chi connectivity index (χ1v) is 8.33. The molecule has 0 radical (unpaired) electrons. The molecular formula is C16H30N2O3. The largest absolute Gasteiger partial charge is 0.468 e. The van der Waals surface area contributed by atoms with E-state index in [9.17, 15) is 4.79 Å². The SMILES string of the molecule is CCNC(CN(CC)CC1CCCO1)(C(=O)OC)C1CC1. The Labute approximate surface area is 128 Å². The van der Waals surface area contributed by atoms with Crippen LogP contribution in [0.3, 0.4) is 0 Å². The number of esters is 1. The molecule has 0 bridgehead atoms. The van der Waals surface area contributed by atoms with Crippen LogP contribution in [-0.4, -0.2) is 62.4 Å². The molecule has 2 atom stereocenters. The molecule has 5 heteroatoms. The van der Waals surface area contributed by atoms with Gasteiger partial charge in [0.2, 0.25) is 0 Å². The highest BCUT2D eigenvalue weighted by molar-refractivity contribution is 5.82. The molecule has 1 aliphatic carbocycles.